The molecule has 0 saturated carbocycles. The number of ether oxygens (including phenoxy) is 1. The summed E-state index contributed by atoms with van der Waals surface area (Å²) in [5.41, 5.74) is 7.98. The summed E-state index contributed by atoms with van der Waals surface area (Å²) in [6.07, 6.45) is 1.01. The first-order valence-corrected chi connectivity index (χ1v) is 10.5. The van der Waals surface area contributed by atoms with Gasteiger partial charge in [-0.1, -0.05) is 48.5 Å². The zero-order chi connectivity index (χ0) is 22.3. The van der Waals surface area contributed by atoms with Crippen molar-refractivity contribution in [2.45, 2.75) is 13.0 Å². The van der Waals surface area contributed by atoms with Crippen LogP contribution >= 0.6 is 0 Å². The second-order valence-electron chi connectivity index (χ2n) is 7.56. The van der Waals surface area contributed by atoms with Crippen molar-refractivity contribution in [3.63, 3.8) is 0 Å². The van der Waals surface area contributed by atoms with Crippen molar-refractivity contribution in [3.8, 4) is 22.5 Å². The van der Waals surface area contributed by atoms with E-state index < -0.39 is 5.91 Å². The first-order valence-electron chi connectivity index (χ1n) is 10.5. The first kappa shape index (κ1) is 21.7. The van der Waals surface area contributed by atoms with Crippen molar-refractivity contribution in [1.82, 2.24) is 20.8 Å². The standard InChI is InChI=1S/C25H26N4O3/c1-32-14-2-13-26-16-17-3-5-18(6-4-17)19-7-9-20(10-8-19)24-27-22-12-11-21(25(30)29-31)15-23(22)28-24/h3-12,15,26,31H,2,13-14,16H2,1H3,(H,27,28)(H,29,30). The topological polar surface area (TPSA) is 99.3 Å². The van der Waals surface area contributed by atoms with Gasteiger partial charge in [0, 0.05) is 31.4 Å². The average Bonchev–Trinajstić information content (AvgIpc) is 3.27. The fraction of sp³-hybridized carbons (Fsp3) is 0.200. The van der Waals surface area contributed by atoms with Crippen LogP contribution in [0.4, 0.5) is 0 Å². The fourth-order valence-electron chi connectivity index (χ4n) is 3.56. The van der Waals surface area contributed by atoms with Gasteiger partial charge in [0.2, 0.25) is 0 Å². The van der Waals surface area contributed by atoms with Crippen LogP contribution in [0.2, 0.25) is 0 Å². The van der Waals surface area contributed by atoms with Gasteiger partial charge in [-0.05, 0) is 47.9 Å². The van der Waals surface area contributed by atoms with Gasteiger partial charge in [0.1, 0.15) is 5.82 Å². The molecule has 0 aliphatic carbocycles. The maximum Gasteiger partial charge on any atom is 0.274 e. The molecule has 0 saturated heterocycles. The lowest BCUT2D eigenvalue weighted by Crippen LogP contribution is -2.18. The molecule has 7 nitrogen and oxygen atoms in total. The Kier molecular flexibility index (Phi) is 6.91. The fourth-order valence-corrected chi connectivity index (χ4v) is 3.56. The number of hydrogen-bond donors (Lipinski definition) is 4. The van der Waals surface area contributed by atoms with E-state index in [0.717, 1.165) is 59.7 Å². The number of H-pyrrole nitrogens is 1. The monoisotopic (exact) mass is 430 g/mol. The third kappa shape index (κ3) is 5.03. The molecule has 32 heavy (non-hydrogen) atoms. The van der Waals surface area contributed by atoms with Gasteiger partial charge in [0.25, 0.3) is 5.91 Å². The minimum atomic E-state index is -0.555. The third-order valence-corrected chi connectivity index (χ3v) is 5.32. The molecule has 0 bridgehead atoms. The number of hydrogen-bond acceptors (Lipinski definition) is 5. The number of benzene rings is 3. The summed E-state index contributed by atoms with van der Waals surface area (Å²) in [5.74, 6) is 0.170. The molecule has 0 spiro atoms. The molecule has 164 valence electrons. The van der Waals surface area contributed by atoms with Gasteiger partial charge in [0.15, 0.2) is 0 Å². The lowest BCUT2D eigenvalue weighted by Gasteiger charge is -2.07. The van der Waals surface area contributed by atoms with E-state index in [1.165, 1.54) is 5.56 Å². The van der Waals surface area contributed by atoms with Crippen molar-refractivity contribution in [2.24, 2.45) is 0 Å². The Labute approximate surface area is 186 Å². The minimum absolute atomic E-state index is 0.360. The highest BCUT2D eigenvalue weighted by atomic mass is 16.5. The van der Waals surface area contributed by atoms with E-state index in [9.17, 15) is 4.79 Å². The predicted octanol–water partition coefficient (Wildman–Crippen LogP) is 4.14. The molecule has 3 aromatic carbocycles. The average molecular weight is 431 g/mol. The molecule has 7 heteroatoms. The van der Waals surface area contributed by atoms with E-state index in [1.54, 1.807) is 30.8 Å². The molecule has 0 fully saturated rings. The molecule has 0 radical (unpaired) electrons. The van der Waals surface area contributed by atoms with Crippen LogP contribution in [0.15, 0.2) is 66.7 Å². The van der Waals surface area contributed by atoms with Crippen LogP contribution in [-0.2, 0) is 11.3 Å². The van der Waals surface area contributed by atoms with E-state index in [2.05, 4.69) is 51.7 Å². The molecule has 1 heterocycles. The van der Waals surface area contributed by atoms with Gasteiger partial charge >= 0.3 is 0 Å². The lowest BCUT2D eigenvalue weighted by molar-refractivity contribution is 0.0706. The number of hydroxylamine groups is 1. The van der Waals surface area contributed by atoms with Crippen LogP contribution in [0.3, 0.4) is 0 Å². The minimum Gasteiger partial charge on any atom is -0.385 e. The molecule has 0 atom stereocenters. The molecule has 0 unspecified atom stereocenters. The van der Waals surface area contributed by atoms with Gasteiger partial charge in [-0.3, -0.25) is 10.0 Å². The largest absolute Gasteiger partial charge is 0.385 e. The van der Waals surface area contributed by atoms with Crippen LogP contribution < -0.4 is 10.8 Å². The molecule has 1 amide bonds. The summed E-state index contributed by atoms with van der Waals surface area (Å²) < 4.78 is 5.06. The number of rotatable bonds is 9. The molecule has 4 N–H and O–H groups in total. The predicted molar refractivity (Wildman–Crippen MR) is 124 cm³/mol. The molecular formula is C25H26N4O3. The molecular weight excluding hydrogens is 404 g/mol. The molecule has 1 aromatic heterocycles. The second kappa shape index (κ2) is 10.2. The SMILES string of the molecule is COCCCNCc1ccc(-c2ccc(-c3nc4ccc(C(=O)NO)cc4[nH]3)cc2)cc1. The van der Waals surface area contributed by atoms with Crippen LogP contribution in [0.1, 0.15) is 22.3 Å². The number of imidazole rings is 1. The van der Waals surface area contributed by atoms with E-state index in [4.69, 9.17) is 9.94 Å². The van der Waals surface area contributed by atoms with E-state index in [-0.39, 0.29) is 0 Å². The summed E-state index contributed by atoms with van der Waals surface area (Å²) in [4.78, 5) is 19.5. The summed E-state index contributed by atoms with van der Waals surface area (Å²) in [7, 11) is 1.72. The van der Waals surface area contributed by atoms with Crippen molar-refractivity contribution in [1.29, 1.82) is 0 Å². The van der Waals surface area contributed by atoms with Gasteiger partial charge < -0.3 is 15.0 Å². The highest BCUT2D eigenvalue weighted by Gasteiger charge is 2.10. The maximum absolute atomic E-state index is 11.6. The zero-order valence-corrected chi connectivity index (χ0v) is 17.9. The van der Waals surface area contributed by atoms with Crippen molar-refractivity contribution in [3.05, 3.63) is 77.9 Å². The first-order chi connectivity index (χ1) is 15.7. The number of carbonyl (C=O) groups excluding carboxylic acids is 1. The van der Waals surface area contributed by atoms with Crippen molar-refractivity contribution in [2.75, 3.05) is 20.3 Å². The molecule has 4 aromatic rings. The normalized spacial score (nSPS) is 11.1. The number of nitrogens with one attached hydrogen (secondary N) is 3. The van der Waals surface area contributed by atoms with Gasteiger partial charge in [-0.25, -0.2) is 10.5 Å². The number of fused-ring (bicyclic) bond motifs is 1. The van der Waals surface area contributed by atoms with E-state index >= 15 is 0 Å². The van der Waals surface area contributed by atoms with Crippen molar-refractivity contribution < 1.29 is 14.7 Å². The number of nitrogens with zero attached hydrogens (tertiary/aromatic N) is 1. The van der Waals surface area contributed by atoms with Crippen molar-refractivity contribution >= 4 is 16.9 Å². The van der Waals surface area contributed by atoms with Crippen LogP contribution in [-0.4, -0.2) is 41.3 Å². The number of carbonyl (C=O) groups is 1. The highest BCUT2D eigenvalue weighted by molar-refractivity contribution is 5.97. The molecule has 4 rings (SSSR count). The quantitative estimate of drug-likeness (QED) is 0.182. The van der Waals surface area contributed by atoms with E-state index in [0.29, 0.717) is 5.56 Å². The lowest BCUT2D eigenvalue weighted by atomic mass is 10.0. The van der Waals surface area contributed by atoms with Crippen LogP contribution in [0, 0.1) is 0 Å². The Morgan fingerprint density at radius 1 is 1.00 bits per heavy atom. The Morgan fingerprint density at radius 3 is 2.38 bits per heavy atom. The molecule has 0 aliphatic rings. The smallest absolute Gasteiger partial charge is 0.274 e. The van der Waals surface area contributed by atoms with Crippen LogP contribution in [0.5, 0.6) is 0 Å². The Bertz CT molecular complexity index is 1180. The van der Waals surface area contributed by atoms with Gasteiger partial charge in [0.05, 0.1) is 11.0 Å². The van der Waals surface area contributed by atoms with Crippen LogP contribution in [0.25, 0.3) is 33.5 Å². The van der Waals surface area contributed by atoms with Gasteiger partial charge in [-0.15, -0.1) is 0 Å². The maximum atomic E-state index is 11.6. The Hall–Kier alpha value is -3.52. The second-order valence-corrected chi connectivity index (χ2v) is 7.56. The number of amides is 1. The summed E-state index contributed by atoms with van der Waals surface area (Å²) >= 11 is 0. The van der Waals surface area contributed by atoms with E-state index in [1.807, 2.05) is 12.1 Å². The summed E-state index contributed by atoms with van der Waals surface area (Å²) in [6, 6.07) is 21.8. The summed E-state index contributed by atoms with van der Waals surface area (Å²) in [6.45, 7) is 2.56. The number of methoxy groups -OCH3 is 1. The highest BCUT2D eigenvalue weighted by Crippen LogP contribution is 2.25. The number of aromatic nitrogens is 2. The zero-order valence-electron chi connectivity index (χ0n) is 17.9. The molecule has 0 aliphatic heterocycles. The third-order valence-electron chi connectivity index (χ3n) is 5.32. The Morgan fingerprint density at radius 2 is 1.69 bits per heavy atom. The summed E-state index contributed by atoms with van der Waals surface area (Å²) in [5, 5.41) is 12.2. The van der Waals surface area contributed by atoms with Gasteiger partial charge in [-0.2, -0.15) is 0 Å². The Balaban J connectivity index is 1.44. The number of aromatic amines is 1.